The van der Waals surface area contributed by atoms with Crippen LogP contribution in [-0.4, -0.2) is 13.0 Å². The van der Waals surface area contributed by atoms with Gasteiger partial charge in [0.1, 0.15) is 11.5 Å². The van der Waals surface area contributed by atoms with Crippen molar-refractivity contribution in [1.82, 2.24) is 0 Å². The second kappa shape index (κ2) is 4.91. The minimum Gasteiger partial charge on any atom is -0.435 e. The van der Waals surface area contributed by atoms with Crippen LogP contribution < -0.4 is 9.47 Å². The first-order valence-electron chi connectivity index (χ1n) is 5.08. The molecule has 0 unspecified atom stereocenters. The molecule has 0 aliphatic carbocycles. The number of ether oxygens (including phenoxy) is 2. The molecule has 0 atom stereocenters. The molecule has 0 saturated heterocycles. The lowest BCUT2D eigenvalue weighted by Crippen LogP contribution is -2.17. The van der Waals surface area contributed by atoms with E-state index < -0.39 is 24.5 Å². The van der Waals surface area contributed by atoms with Crippen molar-refractivity contribution in [3.8, 4) is 11.5 Å². The molecule has 2 nitrogen and oxygen atoms in total. The summed E-state index contributed by atoms with van der Waals surface area (Å²) in [7, 11) is 0. The predicted octanol–water partition coefficient (Wildman–Crippen LogP) is 4.34. The van der Waals surface area contributed by atoms with Crippen LogP contribution in [0.1, 0.15) is 0 Å². The van der Waals surface area contributed by atoms with Crippen LogP contribution in [0.4, 0.5) is 22.0 Å². The lowest BCUT2D eigenvalue weighted by Gasteiger charge is -2.13. The molecule has 7 heteroatoms. The smallest absolute Gasteiger partial charge is 0.435 e. The van der Waals surface area contributed by atoms with Crippen LogP contribution in [0, 0.1) is 0 Å². The summed E-state index contributed by atoms with van der Waals surface area (Å²) in [5, 5.41) is 0.460. The van der Waals surface area contributed by atoms with E-state index in [1.54, 1.807) is 6.07 Å². The zero-order valence-electron chi connectivity index (χ0n) is 9.25. The highest BCUT2D eigenvalue weighted by Crippen LogP contribution is 2.35. The Morgan fingerprint density at radius 3 is 2.32 bits per heavy atom. The number of hydrogen-bond donors (Lipinski definition) is 0. The van der Waals surface area contributed by atoms with Crippen molar-refractivity contribution in [3.63, 3.8) is 0 Å². The molecule has 0 radical (unpaired) electrons. The molecule has 0 saturated carbocycles. The summed E-state index contributed by atoms with van der Waals surface area (Å²) < 4.78 is 68.9. The standard InChI is InChI=1S/C12H7F5O2/c13-11(14)18-8-5-7-3-1-2-4-9(7)10(6-8)19-12(15,16)17/h1-6,11H. The van der Waals surface area contributed by atoms with Gasteiger partial charge < -0.3 is 9.47 Å². The van der Waals surface area contributed by atoms with Crippen molar-refractivity contribution in [2.45, 2.75) is 13.0 Å². The number of alkyl halides is 5. The maximum absolute atomic E-state index is 12.3. The maximum Gasteiger partial charge on any atom is 0.573 e. The zero-order valence-corrected chi connectivity index (χ0v) is 9.25. The molecule has 0 amide bonds. The van der Waals surface area contributed by atoms with Gasteiger partial charge in [-0.15, -0.1) is 13.2 Å². The van der Waals surface area contributed by atoms with Crippen LogP contribution in [0.25, 0.3) is 10.8 Å². The fourth-order valence-corrected chi connectivity index (χ4v) is 1.63. The molecule has 2 aromatic carbocycles. The fourth-order valence-electron chi connectivity index (χ4n) is 1.63. The summed E-state index contributed by atoms with van der Waals surface area (Å²) >= 11 is 0. The number of halogens is 5. The van der Waals surface area contributed by atoms with Crippen LogP contribution in [0.15, 0.2) is 36.4 Å². The van der Waals surface area contributed by atoms with E-state index in [4.69, 9.17) is 0 Å². The summed E-state index contributed by atoms with van der Waals surface area (Å²) in [5.74, 6) is -0.978. The van der Waals surface area contributed by atoms with Gasteiger partial charge in [-0.25, -0.2) is 0 Å². The van der Waals surface area contributed by atoms with E-state index >= 15 is 0 Å². The van der Waals surface area contributed by atoms with Crippen molar-refractivity contribution >= 4 is 10.8 Å². The van der Waals surface area contributed by atoms with Crippen molar-refractivity contribution in [2.24, 2.45) is 0 Å². The number of hydrogen-bond acceptors (Lipinski definition) is 2. The van der Waals surface area contributed by atoms with Crippen LogP contribution >= 0.6 is 0 Å². The largest absolute Gasteiger partial charge is 0.573 e. The second-order valence-electron chi connectivity index (χ2n) is 3.57. The van der Waals surface area contributed by atoms with Crippen molar-refractivity contribution in [3.05, 3.63) is 36.4 Å². The van der Waals surface area contributed by atoms with E-state index in [2.05, 4.69) is 9.47 Å². The van der Waals surface area contributed by atoms with Crippen LogP contribution in [-0.2, 0) is 0 Å². The summed E-state index contributed by atoms with van der Waals surface area (Å²) in [6.07, 6.45) is -4.91. The van der Waals surface area contributed by atoms with Gasteiger partial charge in [-0.1, -0.05) is 24.3 Å². The topological polar surface area (TPSA) is 18.5 Å². The van der Waals surface area contributed by atoms with Gasteiger partial charge in [0.25, 0.3) is 0 Å². The van der Waals surface area contributed by atoms with E-state index in [1.165, 1.54) is 24.3 Å². The Balaban J connectivity index is 2.51. The maximum atomic E-state index is 12.3. The average Bonchev–Trinajstić information content (AvgIpc) is 2.26. The lowest BCUT2D eigenvalue weighted by molar-refractivity contribution is -0.274. The minimum absolute atomic E-state index is 0.154. The van der Waals surface area contributed by atoms with Crippen LogP contribution in [0.5, 0.6) is 11.5 Å². The first-order valence-corrected chi connectivity index (χ1v) is 5.08. The quantitative estimate of drug-likeness (QED) is 0.777. The van der Waals surface area contributed by atoms with Crippen LogP contribution in [0.3, 0.4) is 0 Å². The van der Waals surface area contributed by atoms with E-state index in [9.17, 15) is 22.0 Å². The summed E-state index contributed by atoms with van der Waals surface area (Å²) in [5.41, 5.74) is 0. The Bertz CT molecular complexity index is 580. The number of benzene rings is 2. The third-order valence-electron chi connectivity index (χ3n) is 2.25. The SMILES string of the molecule is FC(F)Oc1cc(OC(F)(F)F)c2ccccc2c1. The normalized spacial score (nSPS) is 11.9. The van der Waals surface area contributed by atoms with E-state index in [-0.39, 0.29) is 5.39 Å². The highest BCUT2D eigenvalue weighted by molar-refractivity contribution is 5.89. The molecule has 102 valence electrons. The van der Waals surface area contributed by atoms with Gasteiger partial charge in [0.2, 0.25) is 0 Å². The van der Waals surface area contributed by atoms with Crippen molar-refractivity contribution < 1.29 is 31.4 Å². The molecule has 0 aromatic heterocycles. The van der Waals surface area contributed by atoms with E-state index in [0.29, 0.717) is 5.39 Å². The first-order chi connectivity index (χ1) is 8.85. The van der Waals surface area contributed by atoms with Crippen LogP contribution in [0.2, 0.25) is 0 Å². The fraction of sp³-hybridized carbons (Fsp3) is 0.167. The Morgan fingerprint density at radius 1 is 1.00 bits per heavy atom. The highest BCUT2D eigenvalue weighted by Gasteiger charge is 2.32. The van der Waals surface area contributed by atoms with Gasteiger partial charge in [0.15, 0.2) is 0 Å². The van der Waals surface area contributed by atoms with Gasteiger partial charge >= 0.3 is 13.0 Å². The van der Waals surface area contributed by atoms with Crippen molar-refractivity contribution in [1.29, 1.82) is 0 Å². The monoisotopic (exact) mass is 278 g/mol. The number of rotatable bonds is 3. The van der Waals surface area contributed by atoms with Gasteiger partial charge in [-0.2, -0.15) is 8.78 Å². The molecule has 0 heterocycles. The zero-order chi connectivity index (χ0) is 14.0. The molecule has 2 aromatic rings. The molecular formula is C12H7F5O2. The third-order valence-corrected chi connectivity index (χ3v) is 2.25. The molecule has 0 aliphatic rings. The molecule has 19 heavy (non-hydrogen) atoms. The van der Waals surface area contributed by atoms with E-state index in [0.717, 1.165) is 6.07 Å². The lowest BCUT2D eigenvalue weighted by atomic mass is 10.1. The summed E-state index contributed by atoms with van der Waals surface area (Å²) in [6, 6.07) is 7.93. The van der Waals surface area contributed by atoms with Gasteiger partial charge in [-0.05, 0) is 11.5 Å². The molecule has 0 fully saturated rings. The first kappa shape index (κ1) is 13.4. The predicted molar refractivity (Wildman–Crippen MR) is 57.3 cm³/mol. The van der Waals surface area contributed by atoms with Gasteiger partial charge in [0.05, 0.1) is 0 Å². The Hall–Kier alpha value is -2.05. The highest BCUT2D eigenvalue weighted by atomic mass is 19.4. The molecular weight excluding hydrogens is 271 g/mol. The Morgan fingerprint density at radius 2 is 1.68 bits per heavy atom. The summed E-state index contributed by atoms with van der Waals surface area (Å²) in [6.45, 7) is -3.13. The molecule has 0 aliphatic heterocycles. The number of fused-ring (bicyclic) bond motifs is 1. The molecule has 0 bridgehead atoms. The van der Waals surface area contributed by atoms with Gasteiger partial charge in [-0.3, -0.25) is 0 Å². The average molecular weight is 278 g/mol. The van der Waals surface area contributed by atoms with Gasteiger partial charge in [0, 0.05) is 11.5 Å². The van der Waals surface area contributed by atoms with Crippen molar-refractivity contribution in [2.75, 3.05) is 0 Å². The molecule has 0 spiro atoms. The second-order valence-corrected chi connectivity index (χ2v) is 3.57. The van der Waals surface area contributed by atoms with E-state index in [1.807, 2.05) is 0 Å². The molecule has 2 rings (SSSR count). The Kier molecular flexibility index (Phi) is 3.46. The molecule has 0 N–H and O–H groups in total. The third kappa shape index (κ3) is 3.46. The Labute approximate surface area is 104 Å². The minimum atomic E-state index is -4.91. The summed E-state index contributed by atoms with van der Waals surface area (Å²) in [4.78, 5) is 0.